The lowest BCUT2D eigenvalue weighted by Crippen LogP contribution is -2.42. The van der Waals surface area contributed by atoms with Crippen molar-refractivity contribution in [2.24, 2.45) is 5.73 Å². The van der Waals surface area contributed by atoms with E-state index in [-0.39, 0.29) is 12.4 Å². The van der Waals surface area contributed by atoms with Gasteiger partial charge < -0.3 is 10.8 Å². The molecule has 2 heterocycles. The van der Waals surface area contributed by atoms with E-state index in [1.807, 2.05) is 18.2 Å². The van der Waals surface area contributed by atoms with E-state index in [1.165, 1.54) is 0 Å². The fourth-order valence-corrected chi connectivity index (χ4v) is 3.49. The Hall–Kier alpha value is -0.680. The molecule has 2 aliphatic rings. The number of aromatic nitrogens is 1. The lowest BCUT2D eigenvalue weighted by Gasteiger charge is -2.39. The SMILES string of the molecule is Cl.N[C@@H]1CCN(C2CCC(O)(c3ccccn3)CC2)C1. The fourth-order valence-electron chi connectivity index (χ4n) is 3.49. The predicted molar refractivity (Wildman–Crippen MR) is 81.8 cm³/mol. The average Bonchev–Trinajstić information content (AvgIpc) is 2.87. The van der Waals surface area contributed by atoms with Crippen LogP contribution in [0.5, 0.6) is 0 Å². The lowest BCUT2D eigenvalue weighted by molar-refractivity contribution is -0.0256. The molecule has 4 nitrogen and oxygen atoms in total. The molecule has 5 heteroatoms. The molecule has 0 amide bonds. The Labute approximate surface area is 126 Å². The molecular weight excluding hydrogens is 274 g/mol. The van der Waals surface area contributed by atoms with Gasteiger partial charge in [-0.25, -0.2) is 0 Å². The molecule has 1 atom stereocenters. The summed E-state index contributed by atoms with van der Waals surface area (Å²) in [6.45, 7) is 2.14. The lowest BCUT2D eigenvalue weighted by atomic mass is 9.79. The Morgan fingerprint density at radius 2 is 2.00 bits per heavy atom. The standard InChI is InChI=1S/C15H23N3O.ClH/c16-12-6-10-18(11-12)13-4-7-15(19,8-5-13)14-3-1-2-9-17-14;/h1-3,9,12-13,19H,4-8,10-11,16H2;1H/t12-,13?,15?;/m1./s1. The molecule has 3 N–H and O–H groups in total. The van der Waals surface area contributed by atoms with Gasteiger partial charge in [0.05, 0.1) is 5.69 Å². The van der Waals surface area contributed by atoms with Gasteiger partial charge in [-0.3, -0.25) is 9.88 Å². The number of aliphatic hydroxyl groups is 1. The minimum Gasteiger partial charge on any atom is -0.384 e. The molecule has 1 aliphatic heterocycles. The molecule has 1 saturated carbocycles. The van der Waals surface area contributed by atoms with E-state index in [4.69, 9.17) is 5.73 Å². The zero-order valence-electron chi connectivity index (χ0n) is 11.7. The van der Waals surface area contributed by atoms with Gasteiger partial charge in [-0.1, -0.05) is 6.07 Å². The van der Waals surface area contributed by atoms with Crippen LogP contribution in [0.4, 0.5) is 0 Å². The van der Waals surface area contributed by atoms with Crippen LogP contribution >= 0.6 is 12.4 Å². The number of pyridine rings is 1. The van der Waals surface area contributed by atoms with Crippen LogP contribution in [-0.4, -0.2) is 40.2 Å². The van der Waals surface area contributed by atoms with Crippen molar-refractivity contribution in [3.63, 3.8) is 0 Å². The first-order valence-corrected chi connectivity index (χ1v) is 7.31. The van der Waals surface area contributed by atoms with Crippen molar-refractivity contribution in [2.45, 2.75) is 49.8 Å². The van der Waals surface area contributed by atoms with Gasteiger partial charge >= 0.3 is 0 Å². The Kier molecular flexibility index (Phi) is 5.02. The van der Waals surface area contributed by atoms with E-state index in [9.17, 15) is 5.11 Å². The van der Waals surface area contributed by atoms with Crippen molar-refractivity contribution in [2.75, 3.05) is 13.1 Å². The fraction of sp³-hybridized carbons (Fsp3) is 0.667. The summed E-state index contributed by atoms with van der Waals surface area (Å²) in [5.74, 6) is 0. The summed E-state index contributed by atoms with van der Waals surface area (Å²) in [7, 11) is 0. The third-order valence-corrected chi connectivity index (χ3v) is 4.70. The largest absolute Gasteiger partial charge is 0.384 e. The maximum Gasteiger partial charge on any atom is 0.107 e. The van der Waals surface area contributed by atoms with Gasteiger partial charge in [0.25, 0.3) is 0 Å². The topological polar surface area (TPSA) is 62.4 Å². The predicted octanol–water partition coefficient (Wildman–Crippen LogP) is 1.67. The Morgan fingerprint density at radius 3 is 2.55 bits per heavy atom. The molecule has 0 bridgehead atoms. The maximum atomic E-state index is 10.7. The highest BCUT2D eigenvalue weighted by Crippen LogP contribution is 2.38. The van der Waals surface area contributed by atoms with Crippen LogP contribution in [0.25, 0.3) is 0 Å². The van der Waals surface area contributed by atoms with Crippen LogP contribution in [0.1, 0.15) is 37.8 Å². The molecule has 20 heavy (non-hydrogen) atoms. The smallest absolute Gasteiger partial charge is 0.107 e. The number of nitrogens with zero attached hydrogens (tertiary/aromatic N) is 2. The van der Waals surface area contributed by atoms with Crippen LogP contribution in [0.3, 0.4) is 0 Å². The maximum absolute atomic E-state index is 10.7. The van der Waals surface area contributed by atoms with Gasteiger partial charge in [0, 0.05) is 31.4 Å². The first-order valence-electron chi connectivity index (χ1n) is 7.31. The highest BCUT2D eigenvalue weighted by atomic mass is 35.5. The van der Waals surface area contributed by atoms with Gasteiger partial charge in [-0.2, -0.15) is 0 Å². The van der Waals surface area contributed by atoms with Gasteiger partial charge in [-0.15, -0.1) is 12.4 Å². The second kappa shape index (κ2) is 6.39. The minimum atomic E-state index is -0.723. The van der Waals surface area contributed by atoms with E-state index in [0.717, 1.165) is 50.9 Å². The van der Waals surface area contributed by atoms with E-state index in [2.05, 4.69) is 9.88 Å². The molecule has 1 aromatic rings. The number of halogens is 1. The second-order valence-corrected chi connectivity index (χ2v) is 6.02. The molecule has 1 saturated heterocycles. The summed E-state index contributed by atoms with van der Waals surface area (Å²) < 4.78 is 0. The summed E-state index contributed by atoms with van der Waals surface area (Å²) in [5, 5.41) is 10.7. The number of nitrogens with two attached hydrogens (primary N) is 1. The summed E-state index contributed by atoms with van der Waals surface area (Å²) >= 11 is 0. The van der Waals surface area contributed by atoms with Crippen molar-refractivity contribution in [3.05, 3.63) is 30.1 Å². The summed E-state index contributed by atoms with van der Waals surface area (Å²) in [4.78, 5) is 6.83. The normalized spacial score (nSPS) is 34.7. The first-order chi connectivity index (χ1) is 9.17. The van der Waals surface area contributed by atoms with Crippen LogP contribution in [0, 0.1) is 0 Å². The van der Waals surface area contributed by atoms with E-state index in [0.29, 0.717) is 12.1 Å². The minimum absolute atomic E-state index is 0. The number of hydrogen-bond donors (Lipinski definition) is 2. The van der Waals surface area contributed by atoms with Gasteiger partial charge in [0.15, 0.2) is 0 Å². The summed E-state index contributed by atoms with van der Waals surface area (Å²) in [5.41, 5.74) is 6.08. The molecular formula is C15H24ClN3O. The molecule has 0 radical (unpaired) electrons. The number of hydrogen-bond acceptors (Lipinski definition) is 4. The Balaban J connectivity index is 0.00000147. The molecule has 0 spiro atoms. The van der Waals surface area contributed by atoms with Crippen LogP contribution in [0.2, 0.25) is 0 Å². The van der Waals surface area contributed by atoms with Crippen molar-refractivity contribution < 1.29 is 5.11 Å². The van der Waals surface area contributed by atoms with Gasteiger partial charge in [0.1, 0.15) is 5.60 Å². The van der Waals surface area contributed by atoms with Crippen molar-refractivity contribution in [3.8, 4) is 0 Å². The van der Waals surface area contributed by atoms with E-state index in [1.54, 1.807) is 6.20 Å². The highest BCUT2D eigenvalue weighted by molar-refractivity contribution is 5.85. The molecule has 1 aliphatic carbocycles. The third kappa shape index (κ3) is 3.14. The zero-order chi connectivity index (χ0) is 13.3. The molecule has 3 rings (SSSR count). The quantitative estimate of drug-likeness (QED) is 0.872. The average molecular weight is 298 g/mol. The number of likely N-dealkylation sites (tertiary alicyclic amines) is 1. The Bertz CT molecular complexity index is 420. The van der Waals surface area contributed by atoms with Crippen molar-refractivity contribution in [1.29, 1.82) is 0 Å². The molecule has 2 fully saturated rings. The highest BCUT2D eigenvalue weighted by Gasteiger charge is 2.38. The van der Waals surface area contributed by atoms with Gasteiger partial charge in [0.2, 0.25) is 0 Å². The van der Waals surface area contributed by atoms with E-state index >= 15 is 0 Å². The number of rotatable bonds is 2. The summed E-state index contributed by atoms with van der Waals surface area (Å²) in [6.07, 6.45) is 6.57. The van der Waals surface area contributed by atoms with Crippen molar-refractivity contribution >= 4 is 12.4 Å². The molecule has 112 valence electrons. The van der Waals surface area contributed by atoms with Crippen LogP contribution in [-0.2, 0) is 5.60 Å². The molecule has 0 aromatic carbocycles. The van der Waals surface area contributed by atoms with Crippen LogP contribution < -0.4 is 5.73 Å². The van der Waals surface area contributed by atoms with Gasteiger partial charge in [-0.05, 0) is 44.2 Å². The summed E-state index contributed by atoms with van der Waals surface area (Å²) in [6, 6.07) is 6.72. The first kappa shape index (κ1) is 15.7. The second-order valence-electron chi connectivity index (χ2n) is 6.02. The third-order valence-electron chi connectivity index (χ3n) is 4.70. The van der Waals surface area contributed by atoms with Crippen LogP contribution in [0.15, 0.2) is 24.4 Å². The molecule has 0 unspecified atom stereocenters. The molecule has 1 aromatic heterocycles. The van der Waals surface area contributed by atoms with E-state index < -0.39 is 5.60 Å². The monoisotopic (exact) mass is 297 g/mol. The van der Waals surface area contributed by atoms with Crippen molar-refractivity contribution in [1.82, 2.24) is 9.88 Å². The Morgan fingerprint density at radius 1 is 1.25 bits per heavy atom. The zero-order valence-corrected chi connectivity index (χ0v) is 12.6.